The topological polar surface area (TPSA) is 42.3 Å². The lowest BCUT2D eigenvalue weighted by Crippen LogP contribution is -2.40. The second kappa shape index (κ2) is 9.40. The Morgan fingerprint density at radius 3 is 2.57 bits per heavy atom. The second-order valence-electron chi connectivity index (χ2n) is 6.94. The first-order valence-corrected chi connectivity index (χ1v) is 8.52. The van der Waals surface area contributed by atoms with Crippen LogP contribution in [0.5, 0.6) is 0 Å². The third-order valence-corrected chi connectivity index (χ3v) is 4.69. The quantitative estimate of drug-likeness (QED) is 0.663. The van der Waals surface area contributed by atoms with E-state index in [2.05, 4.69) is 42.2 Å². The van der Waals surface area contributed by atoms with Gasteiger partial charge in [0.05, 0.1) is 6.07 Å². The summed E-state index contributed by atoms with van der Waals surface area (Å²) >= 11 is 0. The zero-order valence-electron chi connectivity index (χ0n) is 14.5. The van der Waals surface area contributed by atoms with E-state index in [9.17, 15) is 5.26 Å². The van der Waals surface area contributed by atoms with Gasteiger partial charge in [0.2, 0.25) is 0 Å². The van der Waals surface area contributed by atoms with Gasteiger partial charge in [0.15, 0.2) is 0 Å². The summed E-state index contributed by atoms with van der Waals surface area (Å²) < 4.78 is 0. The van der Waals surface area contributed by atoms with E-state index in [0.29, 0.717) is 0 Å². The van der Waals surface area contributed by atoms with Crippen molar-refractivity contribution in [1.82, 2.24) is 15.1 Å². The average molecular weight is 294 g/mol. The van der Waals surface area contributed by atoms with Crippen molar-refractivity contribution in [2.75, 3.05) is 46.8 Å². The maximum Gasteiger partial charge on any atom is 0.103 e. The van der Waals surface area contributed by atoms with E-state index in [1.165, 1.54) is 38.9 Å². The molecule has 1 N–H and O–H groups in total. The third-order valence-electron chi connectivity index (χ3n) is 4.69. The molecule has 1 heterocycles. The van der Waals surface area contributed by atoms with Crippen LogP contribution in [-0.4, -0.2) is 62.2 Å². The lowest BCUT2D eigenvalue weighted by molar-refractivity contribution is 0.174. The summed E-state index contributed by atoms with van der Waals surface area (Å²) in [5.41, 5.74) is -0.346. The maximum absolute atomic E-state index is 9.24. The Bertz CT molecular complexity index is 317. The van der Waals surface area contributed by atoms with Gasteiger partial charge in [-0.2, -0.15) is 5.26 Å². The summed E-state index contributed by atoms with van der Waals surface area (Å²) in [5.74, 6) is 0.873. The van der Waals surface area contributed by atoms with Gasteiger partial charge in [0.1, 0.15) is 5.54 Å². The molecule has 0 aromatic rings. The summed E-state index contributed by atoms with van der Waals surface area (Å²) in [6.07, 6.45) is 5.93. The molecular weight excluding hydrogens is 260 g/mol. The van der Waals surface area contributed by atoms with Crippen LogP contribution in [0.15, 0.2) is 0 Å². The largest absolute Gasteiger partial charge is 0.306 e. The molecule has 0 bridgehead atoms. The minimum Gasteiger partial charge on any atom is -0.306 e. The lowest BCUT2D eigenvalue weighted by Gasteiger charge is -2.31. The lowest BCUT2D eigenvalue weighted by atomic mass is 9.95. The minimum absolute atomic E-state index is 0.346. The number of nitriles is 1. The monoisotopic (exact) mass is 294 g/mol. The standard InChI is InChI=1S/C17H34N4/c1-5-19-17(2,15-18)10-6-7-11-21(4)14-16-8-12-20(3)13-9-16/h16,19H,5-14H2,1-4H3. The van der Waals surface area contributed by atoms with E-state index in [1.807, 2.05) is 6.92 Å². The number of hydrogen-bond donors (Lipinski definition) is 1. The van der Waals surface area contributed by atoms with Crippen LogP contribution in [0.2, 0.25) is 0 Å². The Kier molecular flexibility index (Phi) is 8.24. The summed E-state index contributed by atoms with van der Waals surface area (Å²) in [6.45, 7) is 9.82. The molecule has 1 aliphatic rings. The molecule has 0 saturated carbocycles. The molecule has 0 amide bonds. The van der Waals surface area contributed by atoms with Gasteiger partial charge < -0.3 is 9.80 Å². The molecule has 0 aromatic heterocycles. The van der Waals surface area contributed by atoms with Crippen LogP contribution in [0.3, 0.4) is 0 Å². The number of nitrogens with one attached hydrogen (secondary N) is 1. The molecular formula is C17H34N4. The molecule has 4 nitrogen and oxygen atoms in total. The van der Waals surface area contributed by atoms with E-state index in [4.69, 9.17) is 0 Å². The van der Waals surface area contributed by atoms with Gasteiger partial charge in [-0.05, 0) is 85.2 Å². The van der Waals surface area contributed by atoms with Crippen LogP contribution < -0.4 is 5.32 Å². The number of piperidine rings is 1. The fourth-order valence-corrected chi connectivity index (χ4v) is 3.21. The molecule has 1 aliphatic heterocycles. The minimum atomic E-state index is -0.346. The Labute approximate surface area is 131 Å². The van der Waals surface area contributed by atoms with Crippen molar-refractivity contribution in [2.24, 2.45) is 5.92 Å². The number of nitrogens with zero attached hydrogens (tertiary/aromatic N) is 3. The fourth-order valence-electron chi connectivity index (χ4n) is 3.21. The Morgan fingerprint density at radius 2 is 2.00 bits per heavy atom. The smallest absolute Gasteiger partial charge is 0.103 e. The molecule has 1 saturated heterocycles. The molecule has 21 heavy (non-hydrogen) atoms. The first-order valence-electron chi connectivity index (χ1n) is 8.52. The van der Waals surface area contributed by atoms with Crippen molar-refractivity contribution in [1.29, 1.82) is 5.26 Å². The van der Waals surface area contributed by atoms with E-state index < -0.39 is 0 Å². The van der Waals surface area contributed by atoms with Crippen molar-refractivity contribution < 1.29 is 0 Å². The number of hydrogen-bond acceptors (Lipinski definition) is 4. The highest BCUT2D eigenvalue weighted by Crippen LogP contribution is 2.17. The Hall–Kier alpha value is -0.630. The van der Waals surface area contributed by atoms with Crippen molar-refractivity contribution in [3.05, 3.63) is 0 Å². The molecule has 122 valence electrons. The summed E-state index contributed by atoms with van der Waals surface area (Å²) in [6, 6.07) is 2.41. The van der Waals surface area contributed by atoms with Crippen molar-refractivity contribution in [3.63, 3.8) is 0 Å². The van der Waals surface area contributed by atoms with Gasteiger partial charge in [-0.3, -0.25) is 5.32 Å². The number of unbranched alkanes of at least 4 members (excludes halogenated alkanes) is 1. The molecule has 1 rings (SSSR count). The Morgan fingerprint density at radius 1 is 1.33 bits per heavy atom. The van der Waals surface area contributed by atoms with Crippen LogP contribution in [0.1, 0.15) is 46.0 Å². The van der Waals surface area contributed by atoms with Gasteiger partial charge in [-0.25, -0.2) is 0 Å². The van der Waals surface area contributed by atoms with Gasteiger partial charge in [0, 0.05) is 6.54 Å². The molecule has 0 aliphatic carbocycles. The average Bonchev–Trinajstić information content (AvgIpc) is 2.46. The van der Waals surface area contributed by atoms with Crippen molar-refractivity contribution >= 4 is 0 Å². The van der Waals surface area contributed by atoms with Crippen LogP contribution in [0.25, 0.3) is 0 Å². The summed E-state index contributed by atoms with van der Waals surface area (Å²) in [5, 5.41) is 12.5. The van der Waals surface area contributed by atoms with E-state index in [1.54, 1.807) is 0 Å². The third kappa shape index (κ3) is 7.26. The van der Waals surface area contributed by atoms with Gasteiger partial charge in [-0.1, -0.05) is 6.92 Å². The predicted molar refractivity (Wildman–Crippen MR) is 89.3 cm³/mol. The first-order chi connectivity index (χ1) is 9.99. The maximum atomic E-state index is 9.24. The normalized spacial score (nSPS) is 20.4. The number of rotatable bonds is 9. The van der Waals surface area contributed by atoms with Crippen molar-refractivity contribution in [2.45, 2.75) is 51.5 Å². The molecule has 1 unspecified atom stereocenters. The van der Waals surface area contributed by atoms with Crippen LogP contribution in [0.4, 0.5) is 0 Å². The zero-order chi connectivity index (χ0) is 15.7. The van der Waals surface area contributed by atoms with E-state index in [-0.39, 0.29) is 5.54 Å². The van der Waals surface area contributed by atoms with Crippen LogP contribution in [0, 0.1) is 17.2 Å². The van der Waals surface area contributed by atoms with E-state index >= 15 is 0 Å². The summed E-state index contributed by atoms with van der Waals surface area (Å²) in [7, 11) is 4.46. The highest BCUT2D eigenvalue weighted by Gasteiger charge is 2.21. The summed E-state index contributed by atoms with van der Waals surface area (Å²) in [4.78, 5) is 4.91. The van der Waals surface area contributed by atoms with Crippen LogP contribution >= 0.6 is 0 Å². The van der Waals surface area contributed by atoms with Gasteiger partial charge in [-0.15, -0.1) is 0 Å². The van der Waals surface area contributed by atoms with E-state index in [0.717, 1.165) is 31.8 Å². The molecule has 4 heteroatoms. The van der Waals surface area contributed by atoms with Crippen molar-refractivity contribution in [3.8, 4) is 6.07 Å². The SMILES string of the molecule is CCNC(C)(C#N)CCCCN(C)CC1CCN(C)CC1. The van der Waals surface area contributed by atoms with Gasteiger partial charge >= 0.3 is 0 Å². The zero-order valence-corrected chi connectivity index (χ0v) is 14.5. The molecule has 0 radical (unpaired) electrons. The molecule has 0 spiro atoms. The van der Waals surface area contributed by atoms with Crippen LogP contribution in [-0.2, 0) is 0 Å². The number of likely N-dealkylation sites (tertiary alicyclic amines) is 1. The Balaban J connectivity index is 2.13. The predicted octanol–water partition coefficient (Wildman–Crippen LogP) is 2.32. The molecule has 0 aromatic carbocycles. The molecule has 1 atom stereocenters. The highest BCUT2D eigenvalue weighted by atomic mass is 15.1. The first kappa shape index (κ1) is 18.4. The fraction of sp³-hybridized carbons (Fsp3) is 0.941. The molecule has 1 fully saturated rings. The second-order valence-corrected chi connectivity index (χ2v) is 6.94. The highest BCUT2D eigenvalue weighted by molar-refractivity contribution is 5.03. The van der Waals surface area contributed by atoms with Gasteiger partial charge in [0.25, 0.3) is 0 Å².